The van der Waals surface area contributed by atoms with Gasteiger partial charge in [0.25, 0.3) is 0 Å². The van der Waals surface area contributed by atoms with Crippen molar-refractivity contribution in [1.82, 2.24) is 14.9 Å². The molecule has 0 aromatic heterocycles. The number of rotatable bonds is 10. The Balaban J connectivity index is 2.41. The molecule has 26 heavy (non-hydrogen) atoms. The van der Waals surface area contributed by atoms with E-state index in [1.165, 1.54) is 4.31 Å². The van der Waals surface area contributed by atoms with E-state index in [9.17, 15) is 8.42 Å². The molecule has 0 amide bonds. The number of nitrogens with zero attached hydrogens (tertiary/aromatic N) is 2. The number of aliphatic imine (C=N–C) groups is 1. The fourth-order valence-corrected chi connectivity index (χ4v) is 3.87. The summed E-state index contributed by atoms with van der Waals surface area (Å²) >= 11 is 0. The van der Waals surface area contributed by atoms with Gasteiger partial charge in [-0.2, -0.15) is 0 Å². The summed E-state index contributed by atoms with van der Waals surface area (Å²) < 4.78 is 31.7. The Labute approximate surface area is 157 Å². The summed E-state index contributed by atoms with van der Waals surface area (Å²) in [6, 6.07) is 7.89. The van der Waals surface area contributed by atoms with Gasteiger partial charge in [-0.05, 0) is 31.5 Å². The lowest BCUT2D eigenvalue weighted by molar-refractivity contribution is 0.223. The minimum Gasteiger partial charge on any atom is -0.489 e. The van der Waals surface area contributed by atoms with E-state index in [0.29, 0.717) is 32.1 Å². The van der Waals surface area contributed by atoms with Crippen molar-refractivity contribution < 1.29 is 13.2 Å². The largest absolute Gasteiger partial charge is 0.489 e. The normalized spacial score (nSPS) is 13.5. The molecule has 8 heteroatoms. The van der Waals surface area contributed by atoms with Gasteiger partial charge in [-0.15, -0.1) is 0 Å². The number of nitrogens with one attached hydrogen (secondary N) is 2. The van der Waals surface area contributed by atoms with E-state index in [0.717, 1.165) is 11.3 Å². The molecule has 0 radical (unpaired) electrons. The molecule has 0 fully saturated rings. The van der Waals surface area contributed by atoms with Crippen molar-refractivity contribution in [3.8, 4) is 5.75 Å². The molecule has 2 N–H and O–H groups in total. The van der Waals surface area contributed by atoms with Gasteiger partial charge in [-0.3, -0.25) is 4.99 Å². The Bertz CT molecular complexity index is 673. The van der Waals surface area contributed by atoms with Crippen molar-refractivity contribution in [3.63, 3.8) is 0 Å². The zero-order chi connectivity index (χ0) is 19.6. The monoisotopic (exact) mass is 384 g/mol. The average Bonchev–Trinajstić information content (AvgIpc) is 2.58. The van der Waals surface area contributed by atoms with Gasteiger partial charge in [0.05, 0.1) is 12.3 Å². The molecule has 0 heterocycles. The zero-order valence-corrected chi connectivity index (χ0v) is 17.3. The van der Waals surface area contributed by atoms with Crippen LogP contribution in [0.3, 0.4) is 0 Å². The van der Waals surface area contributed by atoms with Crippen LogP contribution in [0.1, 0.15) is 26.3 Å². The van der Waals surface area contributed by atoms with Crippen LogP contribution in [0, 0.1) is 6.92 Å². The minimum absolute atomic E-state index is 0.0325. The highest BCUT2D eigenvalue weighted by Crippen LogP contribution is 2.13. The Morgan fingerprint density at radius 3 is 2.54 bits per heavy atom. The molecule has 0 bridgehead atoms. The van der Waals surface area contributed by atoms with Gasteiger partial charge in [0.1, 0.15) is 11.9 Å². The van der Waals surface area contributed by atoms with Crippen LogP contribution in [0.4, 0.5) is 0 Å². The van der Waals surface area contributed by atoms with E-state index >= 15 is 0 Å². The zero-order valence-electron chi connectivity index (χ0n) is 16.4. The molecule has 0 saturated carbocycles. The van der Waals surface area contributed by atoms with Crippen LogP contribution in [-0.2, 0) is 10.0 Å². The highest BCUT2D eigenvalue weighted by molar-refractivity contribution is 7.89. The third-order valence-electron chi connectivity index (χ3n) is 3.86. The molecular weight excluding hydrogens is 352 g/mol. The topological polar surface area (TPSA) is 83.0 Å². The van der Waals surface area contributed by atoms with Gasteiger partial charge >= 0.3 is 0 Å². The fraction of sp³-hybridized carbons (Fsp3) is 0.611. The summed E-state index contributed by atoms with van der Waals surface area (Å²) in [5, 5.41) is 6.19. The summed E-state index contributed by atoms with van der Waals surface area (Å²) in [7, 11) is -1.59. The average molecular weight is 385 g/mol. The molecule has 0 saturated heterocycles. The van der Waals surface area contributed by atoms with Gasteiger partial charge in [-0.1, -0.05) is 26.0 Å². The van der Waals surface area contributed by atoms with Crippen molar-refractivity contribution in [3.05, 3.63) is 29.8 Å². The smallest absolute Gasteiger partial charge is 0.215 e. The number of ether oxygens (including phenoxy) is 1. The molecule has 0 aliphatic rings. The van der Waals surface area contributed by atoms with E-state index in [-0.39, 0.29) is 11.9 Å². The van der Waals surface area contributed by atoms with Crippen LogP contribution < -0.4 is 15.4 Å². The van der Waals surface area contributed by atoms with Crippen LogP contribution in [0.25, 0.3) is 0 Å². The third kappa shape index (κ3) is 7.61. The second-order valence-corrected chi connectivity index (χ2v) is 8.11. The molecule has 1 aromatic rings. The molecule has 1 unspecified atom stereocenters. The number of benzene rings is 1. The number of guanidine groups is 1. The van der Waals surface area contributed by atoms with Crippen LogP contribution in [0.15, 0.2) is 29.3 Å². The molecule has 1 rings (SSSR count). The van der Waals surface area contributed by atoms with Crippen molar-refractivity contribution in [2.24, 2.45) is 4.99 Å². The number of hydrogen-bond donors (Lipinski definition) is 2. The molecule has 1 aromatic carbocycles. The molecular formula is C18H32N4O3S. The summed E-state index contributed by atoms with van der Waals surface area (Å²) in [5.41, 5.74) is 1.15. The standard InChI is InChI=1S/C18H32N4O3S/c1-6-22(7-2)26(23,24)12-11-20-18(19-5)21-14-16(4)25-17-10-8-9-15(3)13-17/h8-10,13,16H,6-7,11-12,14H2,1-5H3,(H2,19,20,21). The predicted molar refractivity (Wildman–Crippen MR) is 107 cm³/mol. The lowest BCUT2D eigenvalue weighted by atomic mass is 10.2. The number of aryl methyl sites for hydroxylation is 1. The van der Waals surface area contributed by atoms with Crippen LogP contribution in [0.2, 0.25) is 0 Å². The molecule has 7 nitrogen and oxygen atoms in total. The van der Waals surface area contributed by atoms with Gasteiger partial charge in [0, 0.05) is 26.7 Å². The van der Waals surface area contributed by atoms with Gasteiger partial charge < -0.3 is 15.4 Å². The van der Waals surface area contributed by atoms with Crippen LogP contribution in [-0.4, -0.2) is 63.8 Å². The summed E-state index contributed by atoms with van der Waals surface area (Å²) in [4.78, 5) is 4.12. The van der Waals surface area contributed by atoms with Gasteiger partial charge in [-0.25, -0.2) is 12.7 Å². The highest BCUT2D eigenvalue weighted by atomic mass is 32.2. The van der Waals surface area contributed by atoms with Gasteiger partial charge in [0.2, 0.25) is 10.0 Å². The van der Waals surface area contributed by atoms with Crippen molar-refractivity contribution >= 4 is 16.0 Å². The third-order valence-corrected chi connectivity index (χ3v) is 5.88. The first kappa shape index (κ1) is 22.2. The van der Waals surface area contributed by atoms with E-state index < -0.39 is 10.0 Å². The van der Waals surface area contributed by atoms with E-state index in [1.807, 2.05) is 52.0 Å². The highest BCUT2D eigenvalue weighted by Gasteiger charge is 2.18. The Hall–Kier alpha value is -1.80. The maximum Gasteiger partial charge on any atom is 0.215 e. The first-order valence-corrected chi connectivity index (χ1v) is 10.6. The predicted octanol–water partition coefficient (Wildman–Crippen LogP) is 1.60. The maximum absolute atomic E-state index is 12.2. The fourth-order valence-electron chi connectivity index (χ4n) is 2.47. The van der Waals surface area contributed by atoms with Crippen molar-refractivity contribution in [2.75, 3.05) is 39.0 Å². The summed E-state index contributed by atoms with van der Waals surface area (Å²) in [5.74, 6) is 1.41. The Kier molecular flexibility index (Phi) is 9.43. The summed E-state index contributed by atoms with van der Waals surface area (Å²) in [6.45, 7) is 9.48. The lowest BCUT2D eigenvalue weighted by Gasteiger charge is -2.20. The first-order chi connectivity index (χ1) is 12.3. The first-order valence-electron chi connectivity index (χ1n) is 8.98. The van der Waals surface area contributed by atoms with Crippen molar-refractivity contribution in [2.45, 2.75) is 33.8 Å². The van der Waals surface area contributed by atoms with Gasteiger partial charge in [0.15, 0.2) is 5.96 Å². The second-order valence-electron chi connectivity index (χ2n) is 6.03. The molecule has 0 aliphatic carbocycles. The quantitative estimate of drug-likeness (QED) is 0.473. The molecule has 0 aliphatic heterocycles. The van der Waals surface area contributed by atoms with E-state index in [4.69, 9.17) is 4.74 Å². The molecule has 148 valence electrons. The van der Waals surface area contributed by atoms with Crippen LogP contribution in [0.5, 0.6) is 5.75 Å². The molecule has 0 spiro atoms. The van der Waals surface area contributed by atoms with E-state index in [1.54, 1.807) is 7.05 Å². The minimum atomic E-state index is -3.24. The second kappa shape index (κ2) is 11.0. The Morgan fingerprint density at radius 2 is 1.96 bits per heavy atom. The lowest BCUT2D eigenvalue weighted by Crippen LogP contribution is -2.44. The van der Waals surface area contributed by atoms with E-state index in [2.05, 4.69) is 15.6 Å². The number of sulfonamides is 1. The summed E-state index contributed by atoms with van der Waals surface area (Å²) in [6.07, 6.45) is -0.0604. The Morgan fingerprint density at radius 1 is 1.27 bits per heavy atom. The SMILES string of the molecule is CCN(CC)S(=O)(=O)CCNC(=NC)NCC(C)Oc1cccc(C)c1. The molecule has 1 atom stereocenters. The maximum atomic E-state index is 12.2. The van der Waals surface area contributed by atoms with Crippen molar-refractivity contribution in [1.29, 1.82) is 0 Å². The number of hydrogen-bond acceptors (Lipinski definition) is 4. The van der Waals surface area contributed by atoms with Crippen LogP contribution >= 0.6 is 0 Å².